The van der Waals surface area contributed by atoms with E-state index in [1.807, 2.05) is 0 Å². The summed E-state index contributed by atoms with van der Waals surface area (Å²) in [7, 11) is 0. The second-order valence-electron chi connectivity index (χ2n) is 7.91. The van der Waals surface area contributed by atoms with Crippen LogP contribution in [0.25, 0.3) is 0 Å². The summed E-state index contributed by atoms with van der Waals surface area (Å²) in [5, 5.41) is 14.4. The average molecular weight is 267 g/mol. The Bertz CT molecular complexity index is 277. The summed E-state index contributed by atoms with van der Waals surface area (Å²) < 4.78 is 0. The number of hydrogen-bond acceptors (Lipinski definition) is 2. The first-order valence-corrected chi connectivity index (χ1v) is 8.38. The first-order valence-electron chi connectivity index (χ1n) is 8.38. The van der Waals surface area contributed by atoms with Gasteiger partial charge in [0.1, 0.15) is 0 Å². The number of aliphatic hydroxyl groups is 1. The van der Waals surface area contributed by atoms with Gasteiger partial charge in [0.05, 0.1) is 5.60 Å². The standard InChI is InChI=1S/C17H33NO/c1-4-14-6-5-7-15(12-14)18-13-17(19)10-8-16(2,3)9-11-17/h14-15,18-19H,4-13H2,1-3H3. The van der Waals surface area contributed by atoms with E-state index in [1.54, 1.807) is 0 Å². The molecule has 112 valence electrons. The molecule has 0 aromatic rings. The van der Waals surface area contributed by atoms with E-state index in [0.29, 0.717) is 11.5 Å². The van der Waals surface area contributed by atoms with E-state index >= 15 is 0 Å². The quantitative estimate of drug-likeness (QED) is 0.810. The van der Waals surface area contributed by atoms with Gasteiger partial charge < -0.3 is 10.4 Å². The Morgan fingerprint density at radius 1 is 1.11 bits per heavy atom. The fourth-order valence-electron chi connectivity index (χ4n) is 3.75. The Morgan fingerprint density at radius 3 is 2.42 bits per heavy atom. The van der Waals surface area contributed by atoms with Crippen molar-refractivity contribution in [2.75, 3.05) is 6.54 Å². The highest BCUT2D eigenvalue weighted by atomic mass is 16.3. The van der Waals surface area contributed by atoms with Gasteiger partial charge in [-0.05, 0) is 49.9 Å². The minimum absolute atomic E-state index is 0.435. The van der Waals surface area contributed by atoms with Crippen molar-refractivity contribution in [3.8, 4) is 0 Å². The molecule has 2 aliphatic rings. The molecular weight excluding hydrogens is 234 g/mol. The topological polar surface area (TPSA) is 32.3 Å². The van der Waals surface area contributed by atoms with Crippen LogP contribution < -0.4 is 5.32 Å². The van der Waals surface area contributed by atoms with Crippen molar-refractivity contribution in [1.29, 1.82) is 0 Å². The van der Waals surface area contributed by atoms with E-state index in [9.17, 15) is 5.11 Å². The van der Waals surface area contributed by atoms with Gasteiger partial charge in [-0.3, -0.25) is 0 Å². The van der Waals surface area contributed by atoms with Gasteiger partial charge in [-0.25, -0.2) is 0 Å². The molecule has 2 fully saturated rings. The Balaban J connectivity index is 1.75. The SMILES string of the molecule is CCC1CCCC(NCC2(O)CCC(C)(C)CC2)C1. The molecule has 2 nitrogen and oxygen atoms in total. The predicted molar refractivity (Wildman–Crippen MR) is 81.2 cm³/mol. The van der Waals surface area contributed by atoms with E-state index in [4.69, 9.17) is 0 Å². The molecule has 2 aliphatic carbocycles. The van der Waals surface area contributed by atoms with E-state index in [2.05, 4.69) is 26.1 Å². The summed E-state index contributed by atoms with van der Waals surface area (Å²) >= 11 is 0. The van der Waals surface area contributed by atoms with Crippen molar-refractivity contribution in [2.24, 2.45) is 11.3 Å². The summed E-state index contributed by atoms with van der Waals surface area (Å²) in [6.45, 7) is 7.77. The van der Waals surface area contributed by atoms with Crippen LogP contribution in [0, 0.1) is 11.3 Å². The van der Waals surface area contributed by atoms with Crippen LogP contribution in [0.3, 0.4) is 0 Å². The summed E-state index contributed by atoms with van der Waals surface area (Å²) in [4.78, 5) is 0. The van der Waals surface area contributed by atoms with Crippen LogP contribution >= 0.6 is 0 Å². The molecule has 0 spiro atoms. The zero-order valence-corrected chi connectivity index (χ0v) is 13.2. The molecule has 0 saturated heterocycles. The molecule has 0 aromatic carbocycles. The zero-order chi connectivity index (χ0) is 13.9. The summed E-state index contributed by atoms with van der Waals surface area (Å²) in [6.07, 6.45) is 11.0. The predicted octanol–water partition coefficient (Wildman–Crippen LogP) is 3.88. The molecular formula is C17H33NO. The largest absolute Gasteiger partial charge is 0.389 e. The van der Waals surface area contributed by atoms with Crippen LogP contribution in [-0.4, -0.2) is 23.3 Å². The highest BCUT2D eigenvalue weighted by molar-refractivity contribution is 4.91. The Hall–Kier alpha value is -0.0800. The lowest BCUT2D eigenvalue weighted by atomic mass is 9.71. The van der Waals surface area contributed by atoms with Crippen molar-refractivity contribution >= 4 is 0 Å². The molecule has 0 radical (unpaired) electrons. The molecule has 0 amide bonds. The minimum atomic E-state index is -0.436. The van der Waals surface area contributed by atoms with E-state index in [0.717, 1.165) is 38.1 Å². The van der Waals surface area contributed by atoms with Crippen molar-refractivity contribution in [2.45, 2.75) is 90.2 Å². The maximum Gasteiger partial charge on any atom is 0.0772 e. The first-order chi connectivity index (χ1) is 8.92. The van der Waals surface area contributed by atoms with Gasteiger partial charge in [-0.2, -0.15) is 0 Å². The Kier molecular flexibility index (Phi) is 4.94. The monoisotopic (exact) mass is 267 g/mol. The van der Waals surface area contributed by atoms with Gasteiger partial charge in [0.15, 0.2) is 0 Å². The number of hydrogen-bond donors (Lipinski definition) is 2. The highest BCUT2D eigenvalue weighted by Crippen LogP contribution is 2.40. The van der Waals surface area contributed by atoms with Gasteiger partial charge >= 0.3 is 0 Å². The number of nitrogens with one attached hydrogen (secondary N) is 1. The molecule has 2 N–H and O–H groups in total. The van der Waals surface area contributed by atoms with Crippen LogP contribution in [0.2, 0.25) is 0 Å². The molecule has 2 atom stereocenters. The third kappa shape index (κ3) is 4.46. The van der Waals surface area contributed by atoms with Gasteiger partial charge in [0, 0.05) is 12.6 Å². The second-order valence-corrected chi connectivity index (χ2v) is 7.91. The van der Waals surface area contributed by atoms with Crippen molar-refractivity contribution in [3.05, 3.63) is 0 Å². The normalized spacial score (nSPS) is 34.1. The van der Waals surface area contributed by atoms with Crippen molar-refractivity contribution < 1.29 is 5.11 Å². The molecule has 19 heavy (non-hydrogen) atoms. The van der Waals surface area contributed by atoms with Crippen LogP contribution in [0.15, 0.2) is 0 Å². The lowest BCUT2D eigenvalue weighted by Crippen LogP contribution is -2.48. The summed E-state index contributed by atoms with van der Waals surface area (Å²) in [5.74, 6) is 0.909. The molecule has 0 aromatic heterocycles. The van der Waals surface area contributed by atoms with Gasteiger partial charge in [0.25, 0.3) is 0 Å². The van der Waals surface area contributed by atoms with E-state index < -0.39 is 5.60 Å². The van der Waals surface area contributed by atoms with Gasteiger partial charge in [-0.1, -0.05) is 40.0 Å². The third-order valence-electron chi connectivity index (χ3n) is 5.61. The molecule has 2 rings (SSSR count). The lowest BCUT2D eigenvalue weighted by molar-refractivity contribution is -0.0272. The first kappa shape index (κ1) is 15.3. The second kappa shape index (κ2) is 6.13. The minimum Gasteiger partial charge on any atom is -0.389 e. The maximum atomic E-state index is 10.7. The Labute approximate surface area is 119 Å². The van der Waals surface area contributed by atoms with E-state index in [-0.39, 0.29) is 0 Å². The van der Waals surface area contributed by atoms with Crippen molar-refractivity contribution in [1.82, 2.24) is 5.32 Å². The van der Waals surface area contributed by atoms with Gasteiger partial charge in [-0.15, -0.1) is 0 Å². The number of rotatable bonds is 4. The average Bonchev–Trinajstić information content (AvgIpc) is 2.41. The smallest absolute Gasteiger partial charge is 0.0772 e. The fraction of sp³-hybridized carbons (Fsp3) is 1.00. The molecule has 2 saturated carbocycles. The highest BCUT2D eigenvalue weighted by Gasteiger charge is 2.37. The fourth-order valence-corrected chi connectivity index (χ4v) is 3.75. The molecule has 2 unspecified atom stereocenters. The van der Waals surface area contributed by atoms with Crippen LogP contribution in [0.4, 0.5) is 0 Å². The van der Waals surface area contributed by atoms with Crippen LogP contribution in [0.5, 0.6) is 0 Å². The van der Waals surface area contributed by atoms with Crippen LogP contribution in [0.1, 0.15) is 78.6 Å². The molecule has 2 heteroatoms. The summed E-state index contributed by atoms with van der Waals surface area (Å²) in [5.41, 5.74) is -0.000939. The Morgan fingerprint density at radius 2 is 1.79 bits per heavy atom. The van der Waals surface area contributed by atoms with E-state index in [1.165, 1.54) is 32.1 Å². The molecule has 0 heterocycles. The molecule has 0 bridgehead atoms. The molecule has 0 aliphatic heterocycles. The maximum absolute atomic E-state index is 10.7. The summed E-state index contributed by atoms with van der Waals surface area (Å²) in [6, 6.07) is 0.651. The third-order valence-corrected chi connectivity index (χ3v) is 5.61. The van der Waals surface area contributed by atoms with Crippen LogP contribution in [-0.2, 0) is 0 Å². The van der Waals surface area contributed by atoms with Crippen molar-refractivity contribution in [3.63, 3.8) is 0 Å². The van der Waals surface area contributed by atoms with Gasteiger partial charge in [0.2, 0.25) is 0 Å². The lowest BCUT2D eigenvalue weighted by Gasteiger charge is -2.41. The zero-order valence-electron chi connectivity index (χ0n) is 13.2.